The van der Waals surface area contributed by atoms with E-state index in [2.05, 4.69) is 37.6 Å². The van der Waals surface area contributed by atoms with Crippen LogP contribution in [-0.4, -0.2) is 53.4 Å². The van der Waals surface area contributed by atoms with Gasteiger partial charge in [-0.05, 0) is 31.1 Å². The molecule has 0 aliphatic carbocycles. The predicted molar refractivity (Wildman–Crippen MR) is 82.7 cm³/mol. The number of carbonyl (C=O) groups is 1. The van der Waals surface area contributed by atoms with Crippen LogP contribution in [0.2, 0.25) is 0 Å². The van der Waals surface area contributed by atoms with Crippen molar-refractivity contribution >= 4 is 5.91 Å². The smallest absolute Gasteiger partial charge is 0.272 e. The highest BCUT2D eigenvalue weighted by atomic mass is 19.1. The van der Waals surface area contributed by atoms with Crippen molar-refractivity contribution in [3.63, 3.8) is 0 Å². The molecule has 0 N–H and O–H groups in total. The molecular weight excluding hydrogens is 269 g/mol. The van der Waals surface area contributed by atoms with Crippen LogP contribution in [-0.2, 0) is 0 Å². The Morgan fingerprint density at radius 1 is 1.24 bits per heavy atom. The quantitative estimate of drug-likeness (QED) is 0.692. The molecule has 0 aliphatic rings. The number of aromatic nitrogens is 1. The number of amides is 1. The normalized spacial score (nSPS) is 11.2. The Morgan fingerprint density at radius 3 is 2.43 bits per heavy atom. The van der Waals surface area contributed by atoms with Gasteiger partial charge in [0.15, 0.2) is 0 Å². The number of hydrogen-bond acceptors (Lipinski definition) is 3. The first kappa shape index (κ1) is 17.6. The van der Waals surface area contributed by atoms with E-state index in [0.29, 0.717) is 19.0 Å². The summed E-state index contributed by atoms with van der Waals surface area (Å²) >= 11 is 0. The molecule has 0 atom stereocenters. The maximum absolute atomic E-state index is 13.2. The summed E-state index contributed by atoms with van der Waals surface area (Å²) in [7, 11) is 0. The minimum absolute atomic E-state index is 0.176. The lowest BCUT2D eigenvalue weighted by atomic mass is 10.2. The van der Waals surface area contributed by atoms with Crippen molar-refractivity contribution in [1.29, 1.82) is 0 Å². The fourth-order valence-corrected chi connectivity index (χ4v) is 2.21. The summed E-state index contributed by atoms with van der Waals surface area (Å²) in [5.41, 5.74) is 0.176. The summed E-state index contributed by atoms with van der Waals surface area (Å²) in [6.45, 7) is 12.4. The van der Waals surface area contributed by atoms with Crippen LogP contribution in [0.15, 0.2) is 18.2 Å². The van der Waals surface area contributed by atoms with E-state index < -0.39 is 5.95 Å². The lowest BCUT2D eigenvalue weighted by Gasteiger charge is -2.27. The van der Waals surface area contributed by atoms with Gasteiger partial charge in [-0.25, -0.2) is 4.98 Å². The van der Waals surface area contributed by atoms with Gasteiger partial charge in [0.1, 0.15) is 5.69 Å². The van der Waals surface area contributed by atoms with Crippen LogP contribution in [0, 0.1) is 11.9 Å². The van der Waals surface area contributed by atoms with E-state index in [1.54, 1.807) is 11.0 Å². The van der Waals surface area contributed by atoms with Gasteiger partial charge in [-0.3, -0.25) is 4.79 Å². The molecule has 0 saturated heterocycles. The predicted octanol–water partition coefficient (Wildman–Crippen LogP) is 2.66. The highest BCUT2D eigenvalue weighted by Crippen LogP contribution is 2.07. The van der Waals surface area contributed by atoms with Crippen LogP contribution in [0.4, 0.5) is 4.39 Å². The third-order valence-corrected chi connectivity index (χ3v) is 3.39. The minimum atomic E-state index is -0.617. The van der Waals surface area contributed by atoms with Crippen molar-refractivity contribution in [1.82, 2.24) is 14.8 Å². The average molecular weight is 295 g/mol. The Morgan fingerprint density at radius 2 is 1.90 bits per heavy atom. The number of rotatable bonds is 8. The third kappa shape index (κ3) is 5.79. The van der Waals surface area contributed by atoms with Crippen LogP contribution in [0.5, 0.6) is 0 Å². The van der Waals surface area contributed by atoms with Crippen molar-refractivity contribution < 1.29 is 9.18 Å². The zero-order chi connectivity index (χ0) is 15.8. The van der Waals surface area contributed by atoms with Crippen molar-refractivity contribution in [2.45, 2.75) is 27.7 Å². The molecule has 1 rings (SSSR count). The molecule has 5 heteroatoms. The first-order chi connectivity index (χ1) is 9.97. The summed E-state index contributed by atoms with van der Waals surface area (Å²) in [6.07, 6.45) is 0. The minimum Gasteiger partial charge on any atom is -0.336 e. The average Bonchev–Trinajstić information content (AvgIpc) is 2.46. The van der Waals surface area contributed by atoms with E-state index in [0.717, 1.165) is 19.6 Å². The fraction of sp³-hybridized carbons (Fsp3) is 0.625. The highest BCUT2D eigenvalue weighted by Gasteiger charge is 2.19. The lowest BCUT2D eigenvalue weighted by molar-refractivity contribution is 0.0709. The standard InChI is InChI=1S/C16H26FN3O/c1-5-19(6-2)10-11-20(12-13(3)4)16(21)14-8-7-9-15(17)18-14/h7-9,13H,5-6,10-12H2,1-4H3. The maximum atomic E-state index is 13.2. The van der Waals surface area contributed by atoms with E-state index in [1.807, 2.05) is 0 Å². The molecule has 0 unspecified atom stereocenters. The maximum Gasteiger partial charge on any atom is 0.272 e. The van der Waals surface area contributed by atoms with Crippen molar-refractivity contribution in [2.75, 3.05) is 32.7 Å². The number of carbonyl (C=O) groups excluding carboxylic acids is 1. The Kier molecular flexibility index (Phi) is 7.29. The molecule has 1 amide bonds. The van der Waals surface area contributed by atoms with E-state index in [1.165, 1.54) is 12.1 Å². The monoisotopic (exact) mass is 295 g/mol. The van der Waals surface area contributed by atoms with Gasteiger partial charge >= 0.3 is 0 Å². The summed E-state index contributed by atoms with van der Waals surface area (Å²) < 4.78 is 13.2. The van der Waals surface area contributed by atoms with E-state index in [9.17, 15) is 9.18 Å². The zero-order valence-electron chi connectivity index (χ0n) is 13.5. The van der Waals surface area contributed by atoms with Gasteiger partial charge in [-0.15, -0.1) is 0 Å². The van der Waals surface area contributed by atoms with Gasteiger partial charge in [0, 0.05) is 19.6 Å². The van der Waals surface area contributed by atoms with Crippen LogP contribution < -0.4 is 0 Å². The Balaban J connectivity index is 2.78. The molecule has 118 valence electrons. The first-order valence-electron chi connectivity index (χ1n) is 7.62. The van der Waals surface area contributed by atoms with Crippen molar-refractivity contribution in [2.24, 2.45) is 5.92 Å². The van der Waals surface area contributed by atoms with Crippen LogP contribution in [0.1, 0.15) is 38.2 Å². The van der Waals surface area contributed by atoms with E-state index in [4.69, 9.17) is 0 Å². The largest absolute Gasteiger partial charge is 0.336 e. The zero-order valence-corrected chi connectivity index (χ0v) is 13.5. The van der Waals surface area contributed by atoms with Crippen LogP contribution >= 0.6 is 0 Å². The van der Waals surface area contributed by atoms with E-state index in [-0.39, 0.29) is 11.6 Å². The van der Waals surface area contributed by atoms with E-state index >= 15 is 0 Å². The molecule has 1 aromatic heterocycles. The Labute approximate surface area is 127 Å². The fourth-order valence-electron chi connectivity index (χ4n) is 2.21. The highest BCUT2D eigenvalue weighted by molar-refractivity contribution is 5.92. The second kappa shape index (κ2) is 8.72. The summed E-state index contributed by atoms with van der Waals surface area (Å²) in [6, 6.07) is 4.34. The molecule has 0 aromatic carbocycles. The van der Waals surface area contributed by atoms with Crippen molar-refractivity contribution in [3.8, 4) is 0 Å². The molecule has 0 fully saturated rings. The van der Waals surface area contributed by atoms with Crippen LogP contribution in [0.3, 0.4) is 0 Å². The molecule has 1 aromatic rings. The first-order valence-corrected chi connectivity index (χ1v) is 7.62. The van der Waals surface area contributed by atoms with Gasteiger partial charge in [-0.2, -0.15) is 4.39 Å². The summed E-state index contributed by atoms with van der Waals surface area (Å²) in [5, 5.41) is 0. The van der Waals surface area contributed by atoms with Gasteiger partial charge in [-0.1, -0.05) is 33.8 Å². The molecular formula is C16H26FN3O. The van der Waals surface area contributed by atoms with Crippen LogP contribution in [0.25, 0.3) is 0 Å². The number of halogens is 1. The summed E-state index contributed by atoms with van der Waals surface area (Å²) in [5.74, 6) is -0.455. The number of pyridine rings is 1. The molecule has 0 radical (unpaired) electrons. The van der Waals surface area contributed by atoms with Gasteiger partial charge in [0.25, 0.3) is 5.91 Å². The Bertz CT molecular complexity index is 447. The molecule has 0 bridgehead atoms. The van der Waals surface area contributed by atoms with Gasteiger partial charge in [0.05, 0.1) is 0 Å². The Hall–Kier alpha value is -1.49. The molecule has 21 heavy (non-hydrogen) atoms. The second-order valence-electron chi connectivity index (χ2n) is 5.52. The molecule has 0 spiro atoms. The lowest BCUT2D eigenvalue weighted by Crippen LogP contribution is -2.40. The molecule has 4 nitrogen and oxygen atoms in total. The van der Waals surface area contributed by atoms with Gasteiger partial charge < -0.3 is 9.80 Å². The SMILES string of the molecule is CCN(CC)CCN(CC(C)C)C(=O)c1cccc(F)n1. The van der Waals surface area contributed by atoms with Gasteiger partial charge in [0.2, 0.25) is 5.95 Å². The number of nitrogens with zero attached hydrogens (tertiary/aromatic N) is 3. The molecule has 0 aliphatic heterocycles. The molecule has 1 heterocycles. The summed E-state index contributed by atoms with van der Waals surface area (Å²) in [4.78, 5) is 20.2. The second-order valence-corrected chi connectivity index (χ2v) is 5.52. The number of hydrogen-bond donors (Lipinski definition) is 0. The van der Waals surface area contributed by atoms with Crippen molar-refractivity contribution in [3.05, 3.63) is 29.8 Å². The molecule has 0 saturated carbocycles. The third-order valence-electron chi connectivity index (χ3n) is 3.39. The number of likely N-dealkylation sites (N-methyl/N-ethyl adjacent to an activating group) is 1. The topological polar surface area (TPSA) is 36.4 Å².